The van der Waals surface area contributed by atoms with Gasteiger partial charge in [0.05, 0.1) is 12.2 Å². The molecule has 25 heavy (non-hydrogen) atoms. The van der Waals surface area contributed by atoms with Crippen LogP contribution in [-0.4, -0.2) is 18.5 Å². The summed E-state index contributed by atoms with van der Waals surface area (Å²) >= 11 is 6.03. The van der Waals surface area contributed by atoms with Crippen molar-refractivity contribution in [3.63, 3.8) is 0 Å². The van der Waals surface area contributed by atoms with Crippen molar-refractivity contribution in [1.82, 2.24) is 0 Å². The molecule has 0 saturated carbocycles. The van der Waals surface area contributed by atoms with E-state index in [9.17, 15) is 14.9 Å². The van der Waals surface area contributed by atoms with Crippen LogP contribution in [0.25, 0.3) is 6.08 Å². The summed E-state index contributed by atoms with van der Waals surface area (Å²) in [7, 11) is 0. The molecular formula is C19H15ClN2O3. The molecule has 0 heterocycles. The maximum Gasteiger partial charge on any atom is 0.338 e. The first-order valence-electron chi connectivity index (χ1n) is 7.50. The average Bonchev–Trinajstić information content (AvgIpc) is 2.61. The molecule has 126 valence electrons. The number of carbonyl (C=O) groups is 2. The van der Waals surface area contributed by atoms with Crippen LogP contribution in [-0.2, 0) is 9.53 Å². The summed E-state index contributed by atoms with van der Waals surface area (Å²) in [4.78, 5) is 23.8. The monoisotopic (exact) mass is 354 g/mol. The van der Waals surface area contributed by atoms with Gasteiger partial charge in [-0.1, -0.05) is 29.8 Å². The molecule has 0 radical (unpaired) electrons. The number of nitrogens with zero attached hydrogens (tertiary/aromatic N) is 1. The van der Waals surface area contributed by atoms with Gasteiger partial charge < -0.3 is 10.1 Å². The van der Waals surface area contributed by atoms with Crippen LogP contribution in [0.1, 0.15) is 22.8 Å². The zero-order valence-corrected chi connectivity index (χ0v) is 14.2. The lowest BCUT2D eigenvalue weighted by Gasteiger charge is -2.06. The number of anilines is 1. The van der Waals surface area contributed by atoms with Gasteiger partial charge in [0.1, 0.15) is 11.6 Å². The van der Waals surface area contributed by atoms with E-state index in [0.29, 0.717) is 21.8 Å². The van der Waals surface area contributed by atoms with Crippen molar-refractivity contribution < 1.29 is 14.3 Å². The Bertz CT molecular complexity index is 852. The largest absolute Gasteiger partial charge is 0.462 e. The van der Waals surface area contributed by atoms with Crippen LogP contribution in [0.2, 0.25) is 5.02 Å². The fourth-order valence-electron chi connectivity index (χ4n) is 2.00. The molecule has 2 aromatic carbocycles. The molecule has 0 aliphatic heterocycles. The summed E-state index contributed by atoms with van der Waals surface area (Å²) in [6, 6.07) is 15.0. The van der Waals surface area contributed by atoms with Crippen molar-refractivity contribution in [1.29, 1.82) is 5.26 Å². The van der Waals surface area contributed by atoms with E-state index in [1.165, 1.54) is 18.2 Å². The minimum absolute atomic E-state index is 0.0810. The molecule has 2 rings (SSSR count). The number of hydrogen-bond donors (Lipinski definition) is 1. The lowest BCUT2D eigenvalue weighted by atomic mass is 10.1. The maximum atomic E-state index is 12.2. The van der Waals surface area contributed by atoms with Gasteiger partial charge in [0.25, 0.3) is 5.91 Å². The molecule has 0 fully saturated rings. The van der Waals surface area contributed by atoms with Crippen molar-refractivity contribution in [2.45, 2.75) is 6.92 Å². The molecule has 0 bridgehead atoms. The van der Waals surface area contributed by atoms with E-state index in [0.717, 1.165) is 0 Å². The topological polar surface area (TPSA) is 79.2 Å². The molecule has 0 atom stereocenters. The molecular weight excluding hydrogens is 340 g/mol. The Morgan fingerprint density at radius 1 is 1.20 bits per heavy atom. The molecule has 0 unspecified atom stereocenters. The molecule has 0 aromatic heterocycles. The molecule has 2 aromatic rings. The van der Waals surface area contributed by atoms with Crippen LogP contribution < -0.4 is 5.32 Å². The van der Waals surface area contributed by atoms with Gasteiger partial charge in [-0.25, -0.2) is 4.79 Å². The minimum Gasteiger partial charge on any atom is -0.462 e. The van der Waals surface area contributed by atoms with E-state index < -0.39 is 11.9 Å². The molecule has 0 spiro atoms. The summed E-state index contributed by atoms with van der Waals surface area (Å²) in [5.41, 5.74) is 1.33. The summed E-state index contributed by atoms with van der Waals surface area (Å²) in [6.07, 6.45) is 1.42. The van der Waals surface area contributed by atoms with Crippen molar-refractivity contribution in [2.75, 3.05) is 11.9 Å². The van der Waals surface area contributed by atoms with Gasteiger partial charge >= 0.3 is 5.97 Å². The molecule has 1 N–H and O–H groups in total. The third kappa shape index (κ3) is 4.93. The normalized spacial score (nSPS) is 10.7. The van der Waals surface area contributed by atoms with Gasteiger partial charge in [0.2, 0.25) is 0 Å². The number of nitrogens with one attached hydrogen (secondary N) is 1. The van der Waals surface area contributed by atoms with Crippen molar-refractivity contribution >= 4 is 35.2 Å². The van der Waals surface area contributed by atoms with Crippen molar-refractivity contribution in [2.24, 2.45) is 0 Å². The zero-order valence-electron chi connectivity index (χ0n) is 13.5. The number of ether oxygens (including phenoxy) is 1. The SMILES string of the molecule is CCOC(=O)c1ccc(NC(=O)/C(C#N)=C/c2ccccc2Cl)cc1. The van der Waals surface area contributed by atoms with Gasteiger partial charge in [-0.2, -0.15) is 5.26 Å². The van der Waals surface area contributed by atoms with Gasteiger partial charge in [-0.15, -0.1) is 0 Å². The first kappa shape index (κ1) is 18.2. The van der Waals surface area contributed by atoms with Crippen LogP contribution in [0, 0.1) is 11.3 Å². The third-order valence-corrected chi connectivity index (χ3v) is 3.57. The van der Waals surface area contributed by atoms with Crippen molar-refractivity contribution in [3.05, 3.63) is 70.3 Å². The predicted octanol–water partition coefficient (Wildman–Crippen LogP) is 4.06. The smallest absolute Gasteiger partial charge is 0.338 e. The Kier molecular flexibility index (Phi) is 6.33. The van der Waals surface area contributed by atoms with E-state index in [1.807, 2.05) is 6.07 Å². The predicted molar refractivity (Wildman–Crippen MR) is 96.1 cm³/mol. The Morgan fingerprint density at radius 3 is 2.48 bits per heavy atom. The number of esters is 1. The number of rotatable bonds is 5. The third-order valence-electron chi connectivity index (χ3n) is 3.22. The lowest BCUT2D eigenvalue weighted by Crippen LogP contribution is -2.13. The Morgan fingerprint density at radius 2 is 1.88 bits per heavy atom. The molecule has 0 saturated heterocycles. The van der Waals surface area contributed by atoms with E-state index in [1.54, 1.807) is 43.3 Å². The van der Waals surface area contributed by atoms with Crippen LogP contribution >= 0.6 is 11.6 Å². The van der Waals surface area contributed by atoms with Crippen LogP contribution in [0.4, 0.5) is 5.69 Å². The first-order chi connectivity index (χ1) is 12.0. The lowest BCUT2D eigenvalue weighted by molar-refractivity contribution is -0.112. The number of halogens is 1. The molecule has 0 aliphatic carbocycles. The van der Waals surface area contributed by atoms with Gasteiger partial charge in [-0.05, 0) is 48.9 Å². The summed E-state index contributed by atoms with van der Waals surface area (Å²) < 4.78 is 4.89. The number of carbonyl (C=O) groups excluding carboxylic acids is 2. The Labute approximate surface area is 150 Å². The van der Waals surface area contributed by atoms with Gasteiger partial charge in [-0.3, -0.25) is 4.79 Å². The summed E-state index contributed by atoms with van der Waals surface area (Å²) in [6.45, 7) is 2.01. The molecule has 6 heteroatoms. The van der Waals surface area contributed by atoms with Crippen LogP contribution in [0.3, 0.4) is 0 Å². The van der Waals surface area contributed by atoms with Gasteiger partial charge in [0.15, 0.2) is 0 Å². The Hall–Kier alpha value is -3.10. The first-order valence-corrected chi connectivity index (χ1v) is 7.87. The highest BCUT2D eigenvalue weighted by Crippen LogP contribution is 2.19. The Balaban J connectivity index is 2.14. The second-order valence-electron chi connectivity index (χ2n) is 4.94. The summed E-state index contributed by atoms with van der Waals surface area (Å²) in [5, 5.41) is 12.3. The number of benzene rings is 2. The highest BCUT2D eigenvalue weighted by atomic mass is 35.5. The minimum atomic E-state index is -0.564. The molecule has 1 amide bonds. The van der Waals surface area contributed by atoms with E-state index in [2.05, 4.69) is 5.32 Å². The van der Waals surface area contributed by atoms with Crippen molar-refractivity contribution in [3.8, 4) is 6.07 Å². The number of nitriles is 1. The number of amides is 1. The fourth-order valence-corrected chi connectivity index (χ4v) is 2.19. The highest BCUT2D eigenvalue weighted by Gasteiger charge is 2.11. The van der Waals surface area contributed by atoms with E-state index >= 15 is 0 Å². The second-order valence-corrected chi connectivity index (χ2v) is 5.35. The van der Waals surface area contributed by atoms with Gasteiger partial charge in [0, 0.05) is 10.7 Å². The van der Waals surface area contributed by atoms with E-state index in [4.69, 9.17) is 16.3 Å². The second kappa shape index (κ2) is 8.67. The highest BCUT2D eigenvalue weighted by molar-refractivity contribution is 6.32. The van der Waals surface area contributed by atoms with E-state index in [-0.39, 0.29) is 12.2 Å². The average molecular weight is 355 g/mol. The molecule has 0 aliphatic rings. The molecule has 5 nitrogen and oxygen atoms in total. The van der Waals surface area contributed by atoms with Crippen LogP contribution in [0.15, 0.2) is 54.1 Å². The maximum absolute atomic E-state index is 12.2. The number of hydrogen-bond acceptors (Lipinski definition) is 4. The zero-order chi connectivity index (χ0) is 18.2. The standard InChI is InChI=1S/C19H15ClN2O3/c1-2-25-19(24)13-7-9-16(10-8-13)22-18(23)15(12-21)11-14-5-3-4-6-17(14)20/h3-11H,2H2,1H3,(H,22,23)/b15-11+. The summed E-state index contributed by atoms with van der Waals surface area (Å²) in [5.74, 6) is -0.997. The quantitative estimate of drug-likeness (QED) is 0.499. The van der Waals surface area contributed by atoms with Crippen LogP contribution in [0.5, 0.6) is 0 Å². The fraction of sp³-hybridized carbons (Fsp3) is 0.105.